The van der Waals surface area contributed by atoms with Gasteiger partial charge in [-0.1, -0.05) is 19.9 Å². The number of hydrogen-bond acceptors (Lipinski definition) is 5. The van der Waals surface area contributed by atoms with E-state index in [2.05, 4.69) is 36.8 Å². The zero-order valence-electron chi connectivity index (χ0n) is 16.9. The maximum absolute atomic E-state index is 10.1. The van der Waals surface area contributed by atoms with Crippen LogP contribution in [-0.4, -0.2) is 63.8 Å². The molecule has 5 nitrogen and oxygen atoms in total. The van der Waals surface area contributed by atoms with Crippen LogP contribution in [0.25, 0.3) is 0 Å². The Hall–Kier alpha value is -1.77. The lowest BCUT2D eigenvalue weighted by molar-refractivity contribution is 0.149. The molecule has 1 aromatic rings. The summed E-state index contributed by atoms with van der Waals surface area (Å²) in [7, 11) is 5.44. The lowest BCUT2D eigenvalue weighted by atomic mass is 9.69. The van der Waals surface area contributed by atoms with Gasteiger partial charge in [-0.25, -0.2) is 0 Å². The van der Waals surface area contributed by atoms with Gasteiger partial charge in [-0.3, -0.25) is 0 Å². The van der Waals surface area contributed by atoms with E-state index in [1.54, 1.807) is 14.2 Å². The van der Waals surface area contributed by atoms with Crippen molar-refractivity contribution in [2.24, 2.45) is 5.92 Å². The molecule has 0 unspecified atom stereocenters. The number of rotatable bonds is 8. The van der Waals surface area contributed by atoms with E-state index in [9.17, 15) is 5.26 Å². The molecule has 0 aliphatic carbocycles. The van der Waals surface area contributed by atoms with Crippen molar-refractivity contribution < 1.29 is 9.47 Å². The summed E-state index contributed by atoms with van der Waals surface area (Å²) in [5, 5.41) is 10.1. The number of ether oxygens (including phenoxy) is 2. The summed E-state index contributed by atoms with van der Waals surface area (Å²) in [6.45, 7) is 9.82. The van der Waals surface area contributed by atoms with Gasteiger partial charge in [0.15, 0.2) is 11.5 Å². The lowest BCUT2D eigenvalue weighted by Crippen LogP contribution is -2.45. The fraction of sp³-hybridized carbons (Fsp3) is 0.667. The molecule has 144 valence electrons. The van der Waals surface area contributed by atoms with Crippen LogP contribution in [0.2, 0.25) is 0 Å². The van der Waals surface area contributed by atoms with Crippen molar-refractivity contribution >= 4 is 0 Å². The molecule has 0 aromatic heterocycles. The SMILES string of the molecule is COc1ccc([C@](C#N)(CCCN2CCN(C)CC2)C(C)C)cc1OC. The number of nitrogens with zero attached hydrogens (tertiary/aromatic N) is 3. The Balaban J connectivity index is 2.14. The van der Waals surface area contributed by atoms with Crippen LogP contribution in [0.1, 0.15) is 32.3 Å². The van der Waals surface area contributed by atoms with Gasteiger partial charge in [-0.2, -0.15) is 5.26 Å². The maximum Gasteiger partial charge on any atom is 0.161 e. The van der Waals surface area contributed by atoms with Gasteiger partial charge in [0.25, 0.3) is 0 Å². The van der Waals surface area contributed by atoms with Crippen LogP contribution in [0.4, 0.5) is 0 Å². The van der Waals surface area contributed by atoms with E-state index in [0.29, 0.717) is 11.5 Å². The molecule has 0 radical (unpaired) electrons. The number of piperazine rings is 1. The van der Waals surface area contributed by atoms with Crippen LogP contribution in [0.3, 0.4) is 0 Å². The van der Waals surface area contributed by atoms with Gasteiger partial charge in [0, 0.05) is 26.2 Å². The summed E-state index contributed by atoms with van der Waals surface area (Å²) in [5.41, 5.74) is 0.512. The number of methoxy groups -OCH3 is 2. The minimum atomic E-state index is -0.508. The highest BCUT2D eigenvalue weighted by atomic mass is 16.5. The highest BCUT2D eigenvalue weighted by Gasteiger charge is 2.36. The number of likely N-dealkylation sites (N-methyl/N-ethyl adjacent to an activating group) is 1. The first kappa shape index (κ1) is 20.5. The summed E-state index contributed by atoms with van der Waals surface area (Å²) >= 11 is 0. The molecule has 1 saturated heterocycles. The van der Waals surface area contributed by atoms with E-state index in [-0.39, 0.29) is 5.92 Å². The normalized spacial score (nSPS) is 18.3. The van der Waals surface area contributed by atoms with Crippen molar-refractivity contribution in [2.75, 3.05) is 54.0 Å². The topological polar surface area (TPSA) is 48.7 Å². The molecule has 26 heavy (non-hydrogen) atoms. The van der Waals surface area contributed by atoms with E-state index in [4.69, 9.17) is 9.47 Å². The van der Waals surface area contributed by atoms with Gasteiger partial charge < -0.3 is 19.3 Å². The van der Waals surface area contributed by atoms with Crippen molar-refractivity contribution in [3.8, 4) is 17.6 Å². The predicted octanol–water partition coefficient (Wildman–Crippen LogP) is 3.15. The fourth-order valence-corrected chi connectivity index (χ4v) is 3.78. The summed E-state index contributed by atoms with van der Waals surface area (Å²) in [5.74, 6) is 1.60. The van der Waals surface area contributed by atoms with E-state index in [1.807, 2.05) is 18.2 Å². The molecule has 0 amide bonds. The van der Waals surface area contributed by atoms with Gasteiger partial charge in [0.05, 0.1) is 25.7 Å². The average Bonchev–Trinajstić information content (AvgIpc) is 2.66. The Morgan fingerprint density at radius 3 is 2.31 bits per heavy atom. The zero-order chi connectivity index (χ0) is 19.2. The van der Waals surface area contributed by atoms with Gasteiger partial charge in [-0.15, -0.1) is 0 Å². The van der Waals surface area contributed by atoms with Gasteiger partial charge in [0.2, 0.25) is 0 Å². The van der Waals surface area contributed by atoms with Crippen molar-refractivity contribution in [2.45, 2.75) is 32.1 Å². The monoisotopic (exact) mass is 359 g/mol. The Kier molecular flexibility index (Phi) is 7.31. The Labute approximate surface area is 158 Å². The molecule has 1 aliphatic heterocycles. The van der Waals surface area contributed by atoms with Crippen LogP contribution in [0.5, 0.6) is 11.5 Å². The molecule has 1 fully saturated rings. The van der Waals surface area contributed by atoms with Crippen molar-refractivity contribution in [3.63, 3.8) is 0 Å². The molecule has 0 spiro atoms. The van der Waals surface area contributed by atoms with Crippen LogP contribution in [0.15, 0.2) is 18.2 Å². The number of nitriles is 1. The fourth-order valence-electron chi connectivity index (χ4n) is 3.78. The third kappa shape index (κ3) is 4.49. The first-order valence-electron chi connectivity index (χ1n) is 9.51. The van der Waals surface area contributed by atoms with E-state index < -0.39 is 5.41 Å². The second-order valence-corrected chi connectivity index (χ2v) is 7.56. The van der Waals surface area contributed by atoms with Crippen LogP contribution >= 0.6 is 0 Å². The van der Waals surface area contributed by atoms with Crippen molar-refractivity contribution in [1.29, 1.82) is 5.26 Å². The highest BCUT2D eigenvalue weighted by molar-refractivity contribution is 5.47. The number of benzene rings is 1. The largest absolute Gasteiger partial charge is 0.493 e. The van der Waals surface area contributed by atoms with Crippen molar-refractivity contribution in [1.82, 2.24) is 9.80 Å². The molecule has 1 aliphatic rings. The molecule has 0 saturated carbocycles. The van der Waals surface area contributed by atoms with Gasteiger partial charge in [-0.05, 0) is 50.0 Å². The molecular weight excluding hydrogens is 326 g/mol. The first-order valence-corrected chi connectivity index (χ1v) is 9.51. The molecule has 1 aromatic carbocycles. The quantitative estimate of drug-likeness (QED) is 0.714. The highest BCUT2D eigenvalue weighted by Crippen LogP contribution is 2.40. The third-order valence-corrected chi connectivity index (χ3v) is 5.73. The van der Waals surface area contributed by atoms with E-state index in [0.717, 1.165) is 51.1 Å². The summed E-state index contributed by atoms with van der Waals surface area (Å²) in [6, 6.07) is 8.53. The average molecular weight is 360 g/mol. The second-order valence-electron chi connectivity index (χ2n) is 7.56. The minimum absolute atomic E-state index is 0.220. The van der Waals surface area contributed by atoms with Crippen molar-refractivity contribution in [3.05, 3.63) is 23.8 Å². The molecule has 0 N–H and O–H groups in total. The second kappa shape index (κ2) is 9.25. The van der Waals surface area contributed by atoms with Crippen LogP contribution < -0.4 is 9.47 Å². The Bertz CT molecular complexity index is 618. The summed E-state index contributed by atoms with van der Waals surface area (Å²) in [6.07, 6.45) is 1.87. The van der Waals surface area contributed by atoms with E-state index in [1.165, 1.54) is 0 Å². The standard InChI is InChI=1S/C21H33N3O2/c1-17(2)21(16-22,9-6-10-24-13-11-23(3)12-14-24)18-7-8-19(25-4)20(15-18)26-5/h7-8,15,17H,6,9-14H2,1-5H3/t21-/m0/s1. The molecule has 2 rings (SSSR count). The summed E-state index contributed by atoms with van der Waals surface area (Å²) < 4.78 is 10.8. The van der Waals surface area contributed by atoms with Gasteiger partial charge in [0.1, 0.15) is 0 Å². The first-order chi connectivity index (χ1) is 12.5. The lowest BCUT2D eigenvalue weighted by Gasteiger charge is -2.35. The smallest absolute Gasteiger partial charge is 0.161 e. The van der Waals surface area contributed by atoms with Crippen LogP contribution in [-0.2, 0) is 5.41 Å². The molecule has 0 bridgehead atoms. The molecule has 1 atom stereocenters. The van der Waals surface area contributed by atoms with Crippen LogP contribution in [0, 0.1) is 17.2 Å². The predicted molar refractivity (Wildman–Crippen MR) is 105 cm³/mol. The maximum atomic E-state index is 10.1. The van der Waals surface area contributed by atoms with E-state index >= 15 is 0 Å². The summed E-state index contributed by atoms with van der Waals surface area (Å²) in [4.78, 5) is 4.88. The Morgan fingerprint density at radius 1 is 1.12 bits per heavy atom. The molecule has 5 heteroatoms. The van der Waals surface area contributed by atoms with Gasteiger partial charge >= 0.3 is 0 Å². The third-order valence-electron chi connectivity index (χ3n) is 5.73. The Morgan fingerprint density at radius 2 is 1.77 bits per heavy atom. The zero-order valence-corrected chi connectivity index (χ0v) is 16.9. The molecule has 1 heterocycles. The molecular formula is C21H33N3O2. The number of hydrogen-bond donors (Lipinski definition) is 0. The minimum Gasteiger partial charge on any atom is -0.493 e.